The molecule has 4 nitrogen and oxygen atoms in total. The maximum absolute atomic E-state index is 11.9. The summed E-state index contributed by atoms with van der Waals surface area (Å²) >= 11 is 5.66. The molecule has 0 aliphatic carbocycles. The van der Waals surface area contributed by atoms with E-state index in [4.69, 9.17) is 21.5 Å². The molecule has 0 heterocycles. The van der Waals surface area contributed by atoms with Crippen LogP contribution in [0.3, 0.4) is 0 Å². The Kier molecular flexibility index (Phi) is 4.46. The molecule has 0 saturated carbocycles. The number of rotatable bonds is 4. The molecule has 0 aromatic heterocycles. The molecule has 0 radical (unpaired) electrons. The van der Waals surface area contributed by atoms with E-state index in [1.165, 1.54) is 0 Å². The Morgan fingerprint density at radius 1 is 1.33 bits per heavy atom. The van der Waals surface area contributed by atoms with Crippen molar-refractivity contribution in [1.82, 2.24) is 0 Å². The monoisotopic (exact) mass is 303 g/mol. The molecule has 0 bridgehead atoms. The lowest BCUT2D eigenvalue weighted by Gasteiger charge is -2.10. The SMILES string of the molecule is NS(=O)(=O)c1ccc(OCCC(F)(F)F)c(Cl)c1. The predicted octanol–water partition coefficient (Wildman–Crippen LogP) is 2.32. The van der Waals surface area contributed by atoms with Gasteiger partial charge in [0.15, 0.2) is 0 Å². The molecule has 2 N–H and O–H groups in total. The minimum Gasteiger partial charge on any atom is -0.492 e. The lowest BCUT2D eigenvalue weighted by atomic mass is 10.3. The number of hydrogen-bond acceptors (Lipinski definition) is 3. The van der Waals surface area contributed by atoms with Gasteiger partial charge in [-0.3, -0.25) is 0 Å². The van der Waals surface area contributed by atoms with Crippen molar-refractivity contribution in [2.45, 2.75) is 17.5 Å². The summed E-state index contributed by atoms with van der Waals surface area (Å²) in [5.41, 5.74) is 0. The predicted molar refractivity (Wildman–Crippen MR) is 59.0 cm³/mol. The van der Waals surface area contributed by atoms with Crippen molar-refractivity contribution in [2.75, 3.05) is 6.61 Å². The zero-order valence-electron chi connectivity index (χ0n) is 8.87. The maximum Gasteiger partial charge on any atom is 0.392 e. The second-order valence-corrected chi connectivity index (χ2v) is 5.32. The number of hydrogen-bond donors (Lipinski definition) is 1. The smallest absolute Gasteiger partial charge is 0.392 e. The van der Waals surface area contributed by atoms with Crippen LogP contribution in [-0.2, 0) is 10.0 Å². The highest BCUT2D eigenvalue weighted by molar-refractivity contribution is 7.89. The normalized spacial score (nSPS) is 12.5. The van der Waals surface area contributed by atoms with Gasteiger partial charge in [-0.15, -0.1) is 0 Å². The van der Waals surface area contributed by atoms with Gasteiger partial charge >= 0.3 is 6.18 Å². The van der Waals surface area contributed by atoms with Crippen molar-refractivity contribution in [3.05, 3.63) is 23.2 Å². The maximum atomic E-state index is 11.9. The van der Waals surface area contributed by atoms with Crippen LogP contribution in [0.2, 0.25) is 5.02 Å². The summed E-state index contributed by atoms with van der Waals surface area (Å²) < 4.78 is 62.3. The number of alkyl halides is 3. The van der Waals surface area contributed by atoms with E-state index in [2.05, 4.69) is 0 Å². The molecular formula is C9H9ClF3NO3S. The Labute approximate surface area is 107 Å². The zero-order chi connectivity index (χ0) is 14.0. The second kappa shape index (κ2) is 5.33. The molecule has 1 aromatic rings. The number of sulfonamides is 1. The third kappa shape index (κ3) is 4.71. The van der Waals surface area contributed by atoms with E-state index in [-0.39, 0.29) is 15.7 Å². The Morgan fingerprint density at radius 3 is 2.39 bits per heavy atom. The van der Waals surface area contributed by atoms with Crippen molar-refractivity contribution in [2.24, 2.45) is 5.14 Å². The van der Waals surface area contributed by atoms with E-state index < -0.39 is 29.2 Å². The first-order valence-electron chi connectivity index (χ1n) is 4.61. The van der Waals surface area contributed by atoms with Crippen molar-refractivity contribution in [1.29, 1.82) is 0 Å². The van der Waals surface area contributed by atoms with Crippen molar-refractivity contribution in [3.63, 3.8) is 0 Å². The largest absolute Gasteiger partial charge is 0.492 e. The molecule has 0 aliphatic heterocycles. The number of ether oxygens (including phenoxy) is 1. The highest BCUT2D eigenvalue weighted by atomic mass is 35.5. The quantitative estimate of drug-likeness (QED) is 0.928. The van der Waals surface area contributed by atoms with E-state index in [9.17, 15) is 21.6 Å². The Bertz CT molecular complexity index is 530. The standard InChI is InChI=1S/C9H9ClF3NO3S/c10-7-5-6(18(14,15)16)1-2-8(7)17-4-3-9(11,12)13/h1-2,5H,3-4H2,(H2,14,15,16). The summed E-state index contributed by atoms with van der Waals surface area (Å²) in [7, 11) is -3.91. The van der Waals surface area contributed by atoms with Gasteiger partial charge in [-0.1, -0.05) is 11.6 Å². The Balaban J connectivity index is 2.75. The fraction of sp³-hybridized carbons (Fsp3) is 0.333. The van der Waals surface area contributed by atoms with Gasteiger partial charge in [-0.05, 0) is 18.2 Å². The van der Waals surface area contributed by atoms with Crippen LogP contribution in [0.5, 0.6) is 5.75 Å². The van der Waals surface area contributed by atoms with Crippen LogP contribution in [0.4, 0.5) is 13.2 Å². The van der Waals surface area contributed by atoms with Gasteiger partial charge in [-0.25, -0.2) is 13.6 Å². The van der Waals surface area contributed by atoms with Gasteiger partial charge in [0.1, 0.15) is 5.75 Å². The average molecular weight is 304 g/mol. The summed E-state index contributed by atoms with van der Waals surface area (Å²) in [6, 6.07) is 3.27. The van der Waals surface area contributed by atoms with Gasteiger partial charge < -0.3 is 4.74 Å². The van der Waals surface area contributed by atoms with Gasteiger partial charge in [0, 0.05) is 0 Å². The fourth-order valence-corrected chi connectivity index (χ4v) is 1.89. The van der Waals surface area contributed by atoms with Crippen LogP contribution in [0.25, 0.3) is 0 Å². The molecule has 9 heteroatoms. The van der Waals surface area contributed by atoms with Crippen LogP contribution in [0.1, 0.15) is 6.42 Å². The third-order valence-corrected chi connectivity index (χ3v) is 3.08. The van der Waals surface area contributed by atoms with Crippen LogP contribution in [0, 0.1) is 0 Å². The summed E-state index contributed by atoms with van der Waals surface area (Å²) in [4.78, 5) is -0.240. The molecule has 0 unspecified atom stereocenters. The van der Waals surface area contributed by atoms with Gasteiger partial charge in [0.05, 0.1) is 22.9 Å². The van der Waals surface area contributed by atoms with Crippen molar-refractivity contribution >= 4 is 21.6 Å². The first-order chi connectivity index (χ1) is 8.09. The van der Waals surface area contributed by atoms with Crippen molar-refractivity contribution in [3.8, 4) is 5.75 Å². The third-order valence-electron chi connectivity index (χ3n) is 1.87. The molecule has 0 atom stereocenters. The molecule has 1 rings (SSSR count). The van der Waals surface area contributed by atoms with Crippen LogP contribution in [-0.4, -0.2) is 21.2 Å². The molecular weight excluding hydrogens is 295 g/mol. The lowest BCUT2D eigenvalue weighted by molar-refractivity contribution is -0.139. The highest BCUT2D eigenvalue weighted by Gasteiger charge is 2.27. The van der Waals surface area contributed by atoms with Gasteiger partial charge in [0.2, 0.25) is 10.0 Å². The summed E-state index contributed by atoms with van der Waals surface area (Å²) in [6.07, 6.45) is -5.45. The minimum absolute atomic E-state index is 0.0340. The number of halogens is 4. The van der Waals surface area contributed by atoms with Gasteiger partial charge in [-0.2, -0.15) is 13.2 Å². The molecule has 0 fully saturated rings. The molecule has 1 aromatic carbocycles. The molecule has 0 amide bonds. The molecule has 18 heavy (non-hydrogen) atoms. The second-order valence-electron chi connectivity index (χ2n) is 3.35. The van der Waals surface area contributed by atoms with Gasteiger partial charge in [0.25, 0.3) is 0 Å². The van der Waals surface area contributed by atoms with E-state index in [0.29, 0.717) is 0 Å². The summed E-state index contributed by atoms with van der Waals surface area (Å²) in [5.74, 6) is -0.0340. The average Bonchev–Trinajstić information content (AvgIpc) is 2.17. The molecule has 0 aliphatic rings. The minimum atomic E-state index is -4.33. The first kappa shape index (κ1) is 15.1. The molecule has 102 valence electrons. The van der Waals surface area contributed by atoms with E-state index in [1.54, 1.807) is 0 Å². The lowest BCUT2D eigenvalue weighted by Crippen LogP contribution is -2.14. The van der Waals surface area contributed by atoms with E-state index in [1.807, 2.05) is 0 Å². The Morgan fingerprint density at radius 2 is 1.94 bits per heavy atom. The van der Waals surface area contributed by atoms with E-state index >= 15 is 0 Å². The topological polar surface area (TPSA) is 69.4 Å². The number of nitrogens with two attached hydrogens (primary N) is 1. The zero-order valence-corrected chi connectivity index (χ0v) is 10.4. The number of primary sulfonamides is 1. The number of benzene rings is 1. The summed E-state index contributed by atoms with van der Waals surface area (Å²) in [5, 5.41) is 4.74. The molecule has 0 saturated heterocycles. The summed E-state index contributed by atoms with van der Waals surface area (Å²) in [6.45, 7) is -0.599. The highest BCUT2D eigenvalue weighted by Crippen LogP contribution is 2.28. The Hall–Kier alpha value is -0.990. The molecule has 0 spiro atoms. The van der Waals surface area contributed by atoms with Crippen LogP contribution in [0.15, 0.2) is 23.1 Å². The van der Waals surface area contributed by atoms with E-state index in [0.717, 1.165) is 18.2 Å². The van der Waals surface area contributed by atoms with Crippen LogP contribution < -0.4 is 9.88 Å². The van der Waals surface area contributed by atoms with Crippen molar-refractivity contribution < 1.29 is 26.3 Å². The fourth-order valence-electron chi connectivity index (χ4n) is 1.05. The first-order valence-corrected chi connectivity index (χ1v) is 6.54. The van der Waals surface area contributed by atoms with Crippen LogP contribution >= 0.6 is 11.6 Å².